The second-order valence-corrected chi connectivity index (χ2v) is 23.2. The number of hydrogen-bond acceptors (Lipinski definition) is 20. The maximum Gasteiger partial charge on any atom is 0.322 e. The highest BCUT2D eigenvalue weighted by atomic mass is 32.1. The first-order chi connectivity index (χ1) is 45.7. The van der Waals surface area contributed by atoms with Crippen molar-refractivity contribution in [3.05, 3.63) is 148 Å². The molecule has 1 aliphatic rings. The number of imide groups is 1. The van der Waals surface area contributed by atoms with Gasteiger partial charge in [0.25, 0.3) is 11.6 Å². The molecule has 1 aliphatic heterocycles. The molecule has 1 saturated heterocycles. The molecule has 14 amide bonds. The van der Waals surface area contributed by atoms with Crippen molar-refractivity contribution in [2.24, 2.45) is 22.9 Å². The summed E-state index contributed by atoms with van der Waals surface area (Å²) in [6, 6.07) is 15.4. The maximum atomic E-state index is 14.9. The quantitative estimate of drug-likeness (QED) is 0.00914. The SMILES string of the molecule is C[C@@H](O)[C@H](NC(=O)[C@H](CCCCN)NNC(=O)[C@@H](Cc1ccc(NC(N)=O)cc1)NC(=O)[C@@H](Cc1ccc(NC(=O)C2CC(=O)NC(=O)N2)cc1)NC(=O)[C@@H](CS)NC(=O)[C@H](N)Cc1ccc([N+](=O)[O-])cc1)C(=O)N[C@@H](CS)C(=O)N[C@@H](Cc1ccc2ccccc2c1)C(N)=O. The lowest BCUT2D eigenvalue weighted by Gasteiger charge is -2.28. The van der Waals surface area contributed by atoms with Crippen molar-refractivity contribution >= 4 is 124 Å². The highest BCUT2D eigenvalue weighted by molar-refractivity contribution is 7.80. The number of rotatable bonds is 35. The van der Waals surface area contributed by atoms with Gasteiger partial charge in [0.1, 0.15) is 48.3 Å². The summed E-state index contributed by atoms with van der Waals surface area (Å²) in [6.07, 6.45) is -2.10. The summed E-state index contributed by atoms with van der Waals surface area (Å²) in [7, 11) is 0. The number of nitrogens with two attached hydrogens (primary N) is 4. The standard InChI is InChI=1S/C62H77N17O15S2/c1-32(80)51(60(90)73-49(31-96)57(87)69-44(52(65)82)28-36-9-16-37-6-2-3-7-38(37)24-36)76-54(84)43(8-4-5-23-63)77-78-59(89)46(27-35-12-19-40(20-13-35)68-61(66)91)71-56(86)45(26-34-10-17-39(18-11-34)67-55(85)47-29-50(81)75-62(92)74-47)70-58(88)48(30-95)72-53(83)42(64)25-33-14-21-41(22-15-33)79(93)94/h2-3,6-7,9-22,24,32,42-49,51,77,80,95-96H,4-5,8,23,25-31,63-64H2,1H3,(H2,65,82)(H,67,85)(H,69,87)(H,70,88)(H,71,86)(H,72,83)(H,73,90)(H,76,84)(H,78,89)(H3,66,68,91)(H2,74,75,81,92)/t32-,42-,43+,44+,45-,46-,47?,48-,49+,51+/m1/s1. The van der Waals surface area contributed by atoms with Gasteiger partial charge in [0.2, 0.25) is 53.2 Å². The van der Waals surface area contributed by atoms with E-state index in [0.29, 0.717) is 28.7 Å². The Balaban J connectivity index is 1.22. The molecule has 512 valence electrons. The number of nitrogens with one attached hydrogen (secondary N) is 12. The van der Waals surface area contributed by atoms with E-state index in [4.69, 9.17) is 22.9 Å². The van der Waals surface area contributed by atoms with Gasteiger partial charge in [0, 0.05) is 54.3 Å². The fourth-order valence-electron chi connectivity index (χ4n) is 9.81. The minimum absolute atomic E-state index is 0.000499. The first-order valence-corrected chi connectivity index (χ1v) is 31.4. The predicted molar refractivity (Wildman–Crippen MR) is 358 cm³/mol. The zero-order valence-corrected chi connectivity index (χ0v) is 53.6. The van der Waals surface area contributed by atoms with E-state index < -0.39 is 137 Å². The van der Waals surface area contributed by atoms with Gasteiger partial charge in [-0.25, -0.2) is 15.0 Å². The van der Waals surface area contributed by atoms with Crippen LogP contribution >= 0.6 is 25.3 Å². The minimum Gasteiger partial charge on any atom is -0.391 e. The molecule has 0 aromatic heterocycles. The van der Waals surface area contributed by atoms with Crippen LogP contribution in [0.4, 0.5) is 26.7 Å². The van der Waals surface area contributed by atoms with Crippen LogP contribution in [0.2, 0.25) is 0 Å². The number of urea groups is 2. The Bertz CT molecular complexity index is 3630. The molecule has 6 rings (SSSR count). The number of nitro groups is 1. The Morgan fingerprint density at radius 2 is 1.08 bits per heavy atom. The van der Waals surface area contributed by atoms with Crippen LogP contribution in [0.1, 0.15) is 54.9 Å². The summed E-state index contributed by atoms with van der Waals surface area (Å²) in [5.41, 5.74) is 30.3. The number of nitro benzene ring substituents is 1. The van der Waals surface area contributed by atoms with Gasteiger partial charge >= 0.3 is 12.1 Å². The van der Waals surface area contributed by atoms with Crippen LogP contribution in [0.15, 0.2) is 115 Å². The Hall–Kier alpha value is -10.3. The van der Waals surface area contributed by atoms with Gasteiger partial charge in [-0.05, 0) is 90.0 Å². The van der Waals surface area contributed by atoms with Crippen LogP contribution in [0.5, 0.6) is 0 Å². The largest absolute Gasteiger partial charge is 0.391 e. The molecule has 0 bridgehead atoms. The van der Waals surface area contributed by atoms with Gasteiger partial charge in [0.05, 0.1) is 23.5 Å². The number of aliphatic hydroxyl groups excluding tert-OH is 1. The second-order valence-electron chi connectivity index (χ2n) is 22.4. The van der Waals surface area contributed by atoms with Crippen LogP contribution in [-0.2, 0) is 73.6 Å². The third-order valence-electron chi connectivity index (χ3n) is 15.0. The Morgan fingerprint density at radius 3 is 1.62 bits per heavy atom. The fourth-order valence-corrected chi connectivity index (χ4v) is 10.3. The van der Waals surface area contributed by atoms with E-state index in [-0.39, 0.29) is 80.1 Å². The lowest BCUT2D eigenvalue weighted by Crippen LogP contribution is -2.63. The number of fused-ring (bicyclic) bond motifs is 1. The molecule has 21 N–H and O–H groups in total. The smallest absolute Gasteiger partial charge is 0.322 e. The van der Waals surface area contributed by atoms with Crippen LogP contribution in [0.3, 0.4) is 0 Å². The van der Waals surface area contributed by atoms with Crippen molar-refractivity contribution < 1.29 is 67.6 Å². The van der Waals surface area contributed by atoms with E-state index >= 15 is 0 Å². The summed E-state index contributed by atoms with van der Waals surface area (Å²) in [5.74, 6) is -9.51. The van der Waals surface area contributed by atoms with Crippen LogP contribution < -0.4 is 87.0 Å². The van der Waals surface area contributed by atoms with E-state index in [1.165, 1.54) is 79.7 Å². The van der Waals surface area contributed by atoms with Crippen molar-refractivity contribution in [3.63, 3.8) is 0 Å². The molecule has 0 aliphatic carbocycles. The number of nitrogens with zero attached hydrogens (tertiary/aromatic N) is 1. The average molecular weight is 1360 g/mol. The molecule has 32 nitrogen and oxygen atoms in total. The van der Waals surface area contributed by atoms with Crippen molar-refractivity contribution in [1.82, 2.24) is 53.4 Å². The minimum atomic E-state index is -1.74. The second kappa shape index (κ2) is 36.4. The van der Waals surface area contributed by atoms with Crippen LogP contribution in [-0.4, -0.2) is 160 Å². The van der Waals surface area contributed by atoms with Crippen LogP contribution in [0, 0.1) is 10.1 Å². The molecule has 1 unspecified atom stereocenters. The van der Waals surface area contributed by atoms with E-state index in [1.807, 2.05) is 41.7 Å². The summed E-state index contributed by atoms with van der Waals surface area (Å²) in [5, 5.41) is 48.6. The highest BCUT2D eigenvalue weighted by Gasteiger charge is 2.36. The van der Waals surface area contributed by atoms with Crippen molar-refractivity contribution in [1.29, 1.82) is 0 Å². The molecule has 5 aromatic carbocycles. The van der Waals surface area contributed by atoms with E-state index in [0.717, 1.165) is 10.8 Å². The maximum absolute atomic E-state index is 14.9. The van der Waals surface area contributed by atoms with Gasteiger partial charge in [-0.1, -0.05) is 85.3 Å². The van der Waals surface area contributed by atoms with E-state index in [2.05, 4.69) is 84.0 Å². The monoisotopic (exact) mass is 1360 g/mol. The number of hydrogen-bond donors (Lipinski definition) is 19. The highest BCUT2D eigenvalue weighted by Crippen LogP contribution is 2.19. The first-order valence-electron chi connectivity index (χ1n) is 30.1. The summed E-state index contributed by atoms with van der Waals surface area (Å²) in [6.45, 7) is 1.38. The van der Waals surface area contributed by atoms with Crippen molar-refractivity contribution in [3.8, 4) is 0 Å². The molecule has 0 saturated carbocycles. The Morgan fingerprint density at radius 1 is 0.594 bits per heavy atom. The zero-order valence-electron chi connectivity index (χ0n) is 51.8. The Labute approximate surface area is 560 Å². The van der Waals surface area contributed by atoms with E-state index in [1.54, 1.807) is 6.07 Å². The first kappa shape index (κ1) is 74.8. The zero-order chi connectivity index (χ0) is 70.2. The number of carbonyl (C=O) groups excluding carboxylic acids is 12. The number of anilines is 2. The fraction of sp³-hybridized carbons (Fsp3) is 0.355. The van der Waals surface area contributed by atoms with Gasteiger partial charge in [-0.2, -0.15) is 25.3 Å². The topological polar surface area (TPSA) is 517 Å². The number of carbonyl (C=O) groups is 12. The molecule has 34 heteroatoms. The third-order valence-corrected chi connectivity index (χ3v) is 15.8. The van der Waals surface area contributed by atoms with Crippen molar-refractivity contribution in [2.75, 3.05) is 28.7 Å². The molecule has 5 aromatic rings. The number of thiol groups is 2. The lowest BCUT2D eigenvalue weighted by molar-refractivity contribution is -0.384. The van der Waals surface area contributed by atoms with Crippen molar-refractivity contribution in [2.45, 2.75) is 119 Å². The summed E-state index contributed by atoms with van der Waals surface area (Å²) >= 11 is 8.52. The molecule has 10 atom stereocenters. The molecular formula is C62H77N17O15S2. The van der Waals surface area contributed by atoms with Gasteiger partial charge < -0.3 is 75.9 Å². The van der Waals surface area contributed by atoms with Crippen LogP contribution in [0.25, 0.3) is 10.8 Å². The Kier molecular flexibility index (Phi) is 28.4. The molecule has 0 radical (unpaired) electrons. The molecule has 96 heavy (non-hydrogen) atoms. The number of amides is 14. The molecular weight excluding hydrogens is 1290 g/mol. The number of aliphatic hydroxyl groups is 1. The summed E-state index contributed by atoms with van der Waals surface area (Å²) < 4.78 is 0. The van der Waals surface area contributed by atoms with Gasteiger partial charge in [0.15, 0.2) is 0 Å². The normalized spacial score (nSPS) is 15.5. The molecule has 0 spiro atoms. The number of unbranched alkanes of at least 4 members (excludes halogenated alkanes) is 1. The predicted octanol–water partition coefficient (Wildman–Crippen LogP) is -1.87. The third kappa shape index (κ3) is 23.0. The average Bonchev–Trinajstić information content (AvgIpc) is 1.01. The number of hydrazine groups is 1. The van der Waals surface area contributed by atoms with Gasteiger partial charge in [-0.15, -0.1) is 0 Å². The molecule has 1 fully saturated rings. The molecule has 1 heterocycles. The van der Waals surface area contributed by atoms with Gasteiger partial charge in [-0.3, -0.25) is 68.8 Å². The lowest BCUT2D eigenvalue weighted by atomic mass is 10.0. The summed E-state index contributed by atoms with van der Waals surface area (Å²) in [4.78, 5) is 171. The van der Waals surface area contributed by atoms with E-state index in [9.17, 15) is 72.8 Å². The number of non-ortho nitro benzene ring substituents is 1. The number of benzene rings is 5. The number of primary amides is 2.